The standard InChI is InChI=1S/C15H11Cl2N3O3/c16-12-4-2-1-3-10(12)7-8-18-15(21)19-11-5-6-13(17)14(9-11)20(22)23/h1-9H,(H2,18,19,21)/b8-7+. The van der Waals surface area contributed by atoms with Crippen LogP contribution in [0.3, 0.4) is 0 Å². The van der Waals surface area contributed by atoms with E-state index in [2.05, 4.69) is 10.6 Å². The van der Waals surface area contributed by atoms with Crippen molar-refractivity contribution in [2.45, 2.75) is 0 Å². The number of nitro groups is 1. The van der Waals surface area contributed by atoms with Crippen LogP contribution in [-0.2, 0) is 0 Å². The number of nitrogens with zero attached hydrogens (tertiary/aromatic N) is 1. The highest BCUT2D eigenvalue weighted by Crippen LogP contribution is 2.27. The van der Waals surface area contributed by atoms with Crippen molar-refractivity contribution in [3.05, 3.63) is 74.4 Å². The van der Waals surface area contributed by atoms with Gasteiger partial charge in [0.15, 0.2) is 0 Å². The largest absolute Gasteiger partial charge is 0.323 e. The summed E-state index contributed by atoms with van der Waals surface area (Å²) in [6.07, 6.45) is 3.05. The third-order valence-electron chi connectivity index (χ3n) is 2.78. The molecule has 2 rings (SSSR count). The summed E-state index contributed by atoms with van der Waals surface area (Å²) in [5.41, 5.74) is 0.720. The molecule has 0 saturated heterocycles. The van der Waals surface area contributed by atoms with Crippen LogP contribution >= 0.6 is 23.2 Å². The molecule has 0 heterocycles. The molecule has 2 N–H and O–H groups in total. The molecule has 0 spiro atoms. The van der Waals surface area contributed by atoms with Crippen molar-refractivity contribution in [1.82, 2.24) is 5.32 Å². The number of nitrogens with one attached hydrogen (secondary N) is 2. The number of nitro benzene ring substituents is 1. The van der Waals surface area contributed by atoms with E-state index in [9.17, 15) is 14.9 Å². The first-order chi connectivity index (χ1) is 11.0. The topological polar surface area (TPSA) is 84.3 Å². The number of benzene rings is 2. The van der Waals surface area contributed by atoms with E-state index in [0.29, 0.717) is 5.02 Å². The van der Waals surface area contributed by atoms with E-state index in [1.54, 1.807) is 24.3 Å². The molecule has 0 aliphatic carbocycles. The zero-order valence-corrected chi connectivity index (χ0v) is 13.1. The van der Waals surface area contributed by atoms with Crippen molar-refractivity contribution < 1.29 is 9.72 Å². The number of hydrogen-bond donors (Lipinski definition) is 2. The number of carbonyl (C=O) groups excluding carboxylic acids is 1. The van der Waals surface area contributed by atoms with Crippen molar-refractivity contribution in [3.63, 3.8) is 0 Å². The highest BCUT2D eigenvalue weighted by molar-refractivity contribution is 6.32. The number of anilines is 1. The van der Waals surface area contributed by atoms with Gasteiger partial charge in [-0.1, -0.05) is 41.4 Å². The van der Waals surface area contributed by atoms with Crippen molar-refractivity contribution in [2.24, 2.45) is 0 Å². The molecule has 118 valence electrons. The van der Waals surface area contributed by atoms with Gasteiger partial charge in [0.05, 0.1) is 4.92 Å². The molecular weight excluding hydrogens is 341 g/mol. The molecule has 0 aromatic heterocycles. The van der Waals surface area contributed by atoms with Gasteiger partial charge in [-0.05, 0) is 29.8 Å². The molecule has 2 amide bonds. The van der Waals surface area contributed by atoms with E-state index in [4.69, 9.17) is 23.2 Å². The maximum atomic E-state index is 11.7. The Hall–Kier alpha value is -2.57. The molecule has 2 aromatic rings. The number of urea groups is 1. The summed E-state index contributed by atoms with van der Waals surface area (Å²) in [5, 5.41) is 16.3. The summed E-state index contributed by atoms with van der Waals surface area (Å²) < 4.78 is 0. The van der Waals surface area contributed by atoms with Crippen LogP contribution in [0, 0.1) is 10.1 Å². The minimum Gasteiger partial charge on any atom is -0.314 e. The van der Waals surface area contributed by atoms with E-state index in [0.717, 1.165) is 5.56 Å². The Balaban J connectivity index is 1.99. The van der Waals surface area contributed by atoms with Gasteiger partial charge in [0.25, 0.3) is 5.69 Å². The molecule has 23 heavy (non-hydrogen) atoms. The van der Waals surface area contributed by atoms with Gasteiger partial charge in [0, 0.05) is 23.0 Å². The minimum absolute atomic E-state index is 0.000395. The Kier molecular flexibility index (Phi) is 5.56. The van der Waals surface area contributed by atoms with Gasteiger partial charge < -0.3 is 10.6 Å². The lowest BCUT2D eigenvalue weighted by Gasteiger charge is -2.05. The van der Waals surface area contributed by atoms with Crippen LogP contribution in [0.1, 0.15) is 5.56 Å². The first-order valence-electron chi connectivity index (χ1n) is 6.40. The molecule has 0 radical (unpaired) electrons. The van der Waals surface area contributed by atoms with Gasteiger partial charge in [-0.2, -0.15) is 0 Å². The molecule has 0 aliphatic heterocycles. The smallest absolute Gasteiger partial charge is 0.314 e. The summed E-state index contributed by atoms with van der Waals surface area (Å²) in [6.45, 7) is 0. The zero-order valence-electron chi connectivity index (χ0n) is 11.6. The molecule has 8 heteroatoms. The fourth-order valence-corrected chi connectivity index (χ4v) is 2.10. The Labute approximate surface area is 141 Å². The highest BCUT2D eigenvalue weighted by atomic mass is 35.5. The molecule has 0 unspecified atom stereocenters. The van der Waals surface area contributed by atoms with Crippen LogP contribution in [0.5, 0.6) is 0 Å². The van der Waals surface area contributed by atoms with Crippen LogP contribution < -0.4 is 10.6 Å². The molecule has 6 nitrogen and oxygen atoms in total. The second-order valence-electron chi connectivity index (χ2n) is 4.38. The normalized spacial score (nSPS) is 10.5. The molecule has 2 aromatic carbocycles. The molecule has 0 aliphatic rings. The minimum atomic E-state index is -0.622. The van der Waals surface area contributed by atoms with E-state index >= 15 is 0 Å². The summed E-state index contributed by atoms with van der Waals surface area (Å²) in [6, 6.07) is 10.6. The van der Waals surface area contributed by atoms with Crippen molar-refractivity contribution >= 4 is 46.7 Å². The fraction of sp³-hybridized carbons (Fsp3) is 0. The Morgan fingerprint density at radius 1 is 1.13 bits per heavy atom. The van der Waals surface area contributed by atoms with E-state index in [-0.39, 0.29) is 16.4 Å². The second-order valence-corrected chi connectivity index (χ2v) is 5.19. The number of amides is 2. The lowest BCUT2D eigenvalue weighted by molar-refractivity contribution is -0.384. The van der Waals surface area contributed by atoms with Gasteiger partial charge in [0.2, 0.25) is 0 Å². The summed E-state index contributed by atoms with van der Waals surface area (Å²) >= 11 is 11.7. The fourth-order valence-electron chi connectivity index (χ4n) is 1.71. The maximum Gasteiger partial charge on any atom is 0.323 e. The number of carbonyl (C=O) groups is 1. The lowest BCUT2D eigenvalue weighted by atomic mass is 10.2. The third kappa shape index (κ3) is 4.70. The summed E-state index contributed by atoms with van der Waals surface area (Å²) in [5.74, 6) is 0. The molecule has 0 bridgehead atoms. The van der Waals surface area contributed by atoms with Gasteiger partial charge >= 0.3 is 6.03 Å². The first-order valence-corrected chi connectivity index (χ1v) is 7.15. The Bertz CT molecular complexity index is 778. The van der Waals surface area contributed by atoms with Crippen LogP contribution in [0.15, 0.2) is 48.7 Å². The monoisotopic (exact) mass is 351 g/mol. The molecule has 0 atom stereocenters. The van der Waals surface area contributed by atoms with Crippen LogP contribution in [-0.4, -0.2) is 11.0 Å². The maximum absolute atomic E-state index is 11.7. The Morgan fingerprint density at radius 2 is 1.87 bits per heavy atom. The molecule has 0 saturated carbocycles. The Morgan fingerprint density at radius 3 is 2.57 bits per heavy atom. The van der Waals surface area contributed by atoms with Crippen LogP contribution in [0.4, 0.5) is 16.2 Å². The van der Waals surface area contributed by atoms with Crippen molar-refractivity contribution in [3.8, 4) is 0 Å². The SMILES string of the molecule is O=C(N/C=C/c1ccccc1Cl)Nc1ccc(Cl)c([N+](=O)[O-])c1. The lowest BCUT2D eigenvalue weighted by Crippen LogP contribution is -2.23. The highest BCUT2D eigenvalue weighted by Gasteiger charge is 2.13. The first kappa shape index (κ1) is 16.8. The van der Waals surface area contributed by atoms with Gasteiger partial charge in [-0.3, -0.25) is 10.1 Å². The predicted molar refractivity (Wildman–Crippen MR) is 90.7 cm³/mol. The van der Waals surface area contributed by atoms with E-state index in [1.165, 1.54) is 24.4 Å². The van der Waals surface area contributed by atoms with E-state index < -0.39 is 11.0 Å². The summed E-state index contributed by atoms with van der Waals surface area (Å²) in [7, 11) is 0. The second kappa shape index (κ2) is 7.62. The van der Waals surface area contributed by atoms with Gasteiger partial charge in [0.1, 0.15) is 5.02 Å². The van der Waals surface area contributed by atoms with Gasteiger partial charge in [-0.15, -0.1) is 0 Å². The van der Waals surface area contributed by atoms with Gasteiger partial charge in [-0.25, -0.2) is 4.79 Å². The number of rotatable bonds is 4. The van der Waals surface area contributed by atoms with Crippen molar-refractivity contribution in [1.29, 1.82) is 0 Å². The quantitative estimate of drug-likeness (QED) is 0.618. The van der Waals surface area contributed by atoms with Crippen LogP contribution in [0.2, 0.25) is 10.0 Å². The summed E-state index contributed by atoms with van der Waals surface area (Å²) in [4.78, 5) is 21.9. The molecule has 0 fully saturated rings. The van der Waals surface area contributed by atoms with Crippen LogP contribution in [0.25, 0.3) is 6.08 Å². The predicted octanol–water partition coefficient (Wildman–Crippen LogP) is 4.69. The average molecular weight is 352 g/mol. The average Bonchev–Trinajstić information content (AvgIpc) is 2.51. The number of hydrogen-bond acceptors (Lipinski definition) is 3. The van der Waals surface area contributed by atoms with E-state index in [1.807, 2.05) is 6.07 Å². The number of halogens is 2. The van der Waals surface area contributed by atoms with Crippen molar-refractivity contribution in [2.75, 3.05) is 5.32 Å². The third-order valence-corrected chi connectivity index (χ3v) is 3.45. The zero-order chi connectivity index (χ0) is 16.8. The molecular formula is C15H11Cl2N3O3.